The topological polar surface area (TPSA) is 26.3 Å². The van der Waals surface area contributed by atoms with Gasteiger partial charge in [0, 0.05) is 5.56 Å². The molecule has 0 fully saturated rings. The Hall–Kier alpha value is -1.75. The van der Waals surface area contributed by atoms with E-state index in [1.54, 1.807) is 6.92 Å². The Labute approximate surface area is 95.6 Å². The van der Waals surface area contributed by atoms with E-state index in [2.05, 4.69) is 11.8 Å². The number of ether oxygens (including phenoxy) is 1. The van der Waals surface area contributed by atoms with Crippen molar-refractivity contribution in [2.24, 2.45) is 0 Å². The predicted molar refractivity (Wildman–Crippen MR) is 62.4 cm³/mol. The highest BCUT2D eigenvalue weighted by atomic mass is 16.5. The molecule has 0 radical (unpaired) electrons. The third-order valence-corrected chi connectivity index (χ3v) is 2.79. The van der Waals surface area contributed by atoms with Crippen molar-refractivity contribution in [3.8, 4) is 17.6 Å². The number of ketones is 1. The Morgan fingerprint density at radius 2 is 2.31 bits per heavy atom. The van der Waals surface area contributed by atoms with E-state index in [9.17, 15) is 4.79 Å². The highest BCUT2D eigenvalue weighted by Crippen LogP contribution is 2.34. The maximum atomic E-state index is 12.0. The number of hydrogen-bond donors (Lipinski definition) is 0. The van der Waals surface area contributed by atoms with Gasteiger partial charge >= 0.3 is 0 Å². The van der Waals surface area contributed by atoms with E-state index in [1.807, 2.05) is 24.3 Å². The Morgan fingerprint density at radius 3 is 3.12 bits per heavy atom. The molecule has 1 aromatic carbocycles. The van der Waals surface area contributed by atoms with Crippen molar-refractivity contribution in [1.29, 1.82) is 0 Å². The first-order chi connectivity index (χ1) is 7.83. The summed E-state index contributed by atoms with van der Waals surface area (Å²) < 4.78 is 5.52. The minimum Gasteiger partial charge on any atom is -0.493 e. The molecule has 82 valence electrons. The average Bonchev–Trinajstić information content (AvgIpc) is 2.35. The molecular formula is C14H14O2. The lowest BCUT2D eigenvalue weighted by Gasteiger charge is -2.24. The summed E-state index contributed by atoms with van der Waals surface area (Å²) in [4.78, 5) is 12.0. The van der Waals surface area contributed by atoms with Gasteiger partial charge in [0.2, 0.25) is 0 Å². The standard InChI is InChI=1S/C14H14O2/c1-2-3-7-13(15)11-9-10-16-14-8-5-4-6-12(11)14/h4-6,8,11H,7,9-10H2,1H3. The maximum Gasteiger partial charge on any atom is 0.152 e. The van der Waals surface area contributed by atoms with Gasteiger partial charge in [-0.25, -0.2) is 0 Å². The number of rotatable bonds is 2. The monoisotopic (exact) mass is 214 g/mol. The van der Waals surface area contributed by atoms with Crippen LogP contribution in [0.3, 0.4) is 0 Å². The van der Waals surface area contributed by atoms with Crippen LogP contribution in [0.15, 0.2) is 24.3 Å². The zero-order chi connectivity index (χ0) is 11.4. The number of para-hydroxylation sites is 1. The molecule has 1 aliphatic rings. The lowest BCUT2D eigenvalue weighted by Crippen LogP contribution is -2.20. The summed E-state index contributed by atoms with van der Waals surface area (Å²) in [5.41, 5.74) is 1.01. The van der Waals surface area contributed by atoms with Crippen molar-refractivity contribution in [2.45, 2.75) is 25.7 Å². The minimum atomic E-state index is -0.0363. The largest absolute Gasteiger partial charge is 0.493 e. The molecule has 2 rings (SSSR count). The van der Waals surface area contributed by atoms with Gasteiger partial charge in [-0.05, 0) is 19.4 Å². The van der Waals surface area contributed by atoms with E-state index in [1.165, 1.54) is 0 Å². The van der Waals surface area contributed by atoms with Gasteiger partial charge in [0.1, 0.15) is 5.75 Å². The third-order valence-electron chi connectivity index (χ3n) is 2.79. The molecule has 0 bridgehead atoms. The molecule has 1 aromatic rings. The van der Waals surface area contributed by atoms with E-state index in [4.69, 9.17) is 4.74 Å². The number of carbonyl (C=O) groups is 1. The highest BCUT2D eigenvalue weighted by Gasteiger charge is 2.26. The van der Waals surface area contributed by atoms with Crippen molar-refractivity contribution >= 4 is 5.78 Å². The molecule has 0 saturated heterocycles. The molecule has 0 aromatic heterocycles. The van der Waals surface area contributed by atoms with Crippen LogP contribution in [0.25, 0.3) is 0 Å². The molecule has 0 saturated carbocycles. The molecule has 16 heavy (non-hydrogen) atoms. The molecule has 2 heteroatoms. The summed E-state index contributed by atoms with van der Waals surface area (Å²) in [5, 5.41) is 0. The molecule has 1 atom stereocenters. The van der Waals surface area contributed by atoms with Gasteiger partial charge in [0.15, 0.2) is 5.78 Å². The fraction of sp³-hybridized carbons (Fsp3) is 0.357. The van der Waals surface area contributed by atoms with Gasteiger partial charge in [-0.3, -0.25) is 4.79 Å². The second-order valence-corrected chi connectivity index (χ2v) is 3.80. The molecule has 1 unspecified atom stereocenters. The summed E-state index contributed by atoms with van der Waals surface area (Å²) in [6.07, 6.45) is 1.11. The van der Waals surface area contributed by atoms with Gasteiger partial charge in [-0.1, -0.05) is 24.1 Å². The fourth-order valence-corrected chi connectivity index (χ4v) is 1.98. The van der Waals surface area contributed by atoms with Crippen molar-refractivity contribution < 1.29 is 9.53 Å². The van der Waals surface area contributed by atoms with E-state index >= 15 is 0 Å². The lowest BCUT2D eigenvalue weighted by molar-refractivity contribution is -0.120. The Kier molecular flexibility index (Phi) is 3.26. The first-order valence-corrected chi connectivity index (χ1v) is 5.47. The van der Waals surface area contributed by atoms with E-state index in [0.29, 0.717) is 13.0 Å². The fourth-order valence-electron chi connectivity index (χ4n) is 1.98. The van der Waals surface area contributed by atoms with Gasteiger partial charge < -0.3 is 4.74 Å². The maximum absolute atomic E-state index is 12.0. The van der Waals surface area contributed by atoms with Crippen molar-refractivity contribution in [3.63, 3.8) is 0 Å². The number of fused-ring (bicyclic) bond motifs is 1. The molecule has 0 N–H and O–H groups in total. The van der Waals surface area contributed by atoms with Crippen LogP contribution < -0.4 is 4.74 Å². The van der Waals surface area contributed by atoms with Crippen LogP contribution in [-0.4, -0.2) is 12.4 Å². The third kappa shape index (κ3) is 2.09. The second kappa shape index (κ2) is 4.85. The lowest BCUT2D eigenvalue weighted by atomic mass is 9.88. The van der Waals surface area contributed by atoms with E-state index in [0.717, 1.165) is 17.7 Å². The van der Waals surface area contributed by atoms with E-state index < -0.39 is 0 Å². The predicted octanol–water partition coefficient (Wildman–Crippen LogP) is 2.54. The summed E-state index contributed by atoms with van der Waals surface area (Å²) in [6.45, 7) is 2.37. The number of benzene rings is 1. The van der Waals surface area contributed by atoms with E-state index in [-0.39, 0.29) is 11.7 Å². The summed E-state index contributed by atoms with van der Waals surface area (Å²) >= 11 is 0. The second-order valence-electron chi connectivity index (χ2n) is 3.80. The first kappa shape index (κ1) is 10.8. The van der Waals surface area contributed by atoms with Crippen LogP contribution in [-0.2, 0) is 4.79 Å². The smallest absolute Gasteiger partial charge is 0.152 e. The summed E-state index contributed by atoms with van der Waals surface area (Å²) in [5.74, 6) is 6.60. The Bertz CT molecular complexity index is 451. The van der Waals surface area contributed by atoms with Gasteiger partial charge in [-0.15, -0.1) is 5.92 Å². The van der Waals surface area contributed by atoms with Gasteiger partial charge in [-0.2, -0.15) is 0 Å². The summed E-state index contributed by atoms with van der Waals surface area (Å²) in [7, 11) is 0. The van der Waals surface area contributed by atoms with Crippen LogP contribution in [0.2, 0.25) is 0 Å². The number of carbonyl (C=O) groups excluding carboxylic acids is 1. The van der Waals surface area contributed by atoms with Crippen molar-refractivity contribution in [1.82, 2.24) is 0 Å². The SMILES string of the molecule is CC#CCC(=O)C1CCOc2ccccc21. The molecular weight excluding hydrogens is 200 g/mol. The van der Waals surface area contributed by atoms with Gasteiger partial charge in [0.05, 0.1) is 18.9 Å². The quantitative estimate of drug-likeness (QED) is 0.707. The Morgan fingerprint density at radius 1 is 1.50 bits per heavy atom. The highest BCUT2D eigenvalue weighted by molar-refractivity contribution is 5.88. The number of Topliss-reactive ketones (excluding diaryl/α,β-unsaturated/α-hetero) is 1. The van der Waals surface area contributed by atoms with Crippen molar-refractivity contribution in [2.75, 3.05) is 6.61 Å². The van der Waals surface area contributed by atoms with Crippen LogP contribution in [0, 0.1) is 11.8 Å². The zero-order valence-corrected chi connectivity index (χ0v) is 9.32. The first-order valence-electron chi connectivity index (χ1n) is 5.47. The zero-order valence-electron chi connectivity index (χ0n) is 9.32. The molecule has 1 heterocycles. The van der Waals surface area contributed by atoms with Crippen molar-refractivity contribution in [3.05, 3.63) is 29.8 Å². The van der Waals surface area contributed by atoms with Gasteiger partial charge in [0.25, 0.3) is 0 Å². The molecule has 0 aliphatic carbocycles. The number of hydrogen-bond acceptors (Lipinski definition) is 2. The summed E-state index contributed by atoms with van der Waals surface area (Å²) in [6, 6.07) is 7.76. The van der Waals surface area contributed by atoms with Crippen LogP contribution >= 0.6 is 0 Å². The molecule has 1 aliphatic heterocycles. The average molecular weight is 214 g/mol. The normalized spacial score (nSPS) is 17.7. The minimum absolute atomic E-state index is 0.0363. The van der Waals surface area contributed by atoms with Crippen LogP contribution in [0.1, 0.15) is 31.2 Å². The van der Waals surface area contributed by atoms with Crippen LogP contribution in [0.4, 0.5) is 0 Å². The molecule has 0 amide bonds. The molecule has 2 nitrogen and oxygen atoms in total. The Balaban J connectivity index is 2.23. The molecule has 0 spiro atoms. The van der Waals surface area contributed by atoms with Crippen LogP contribution in [0.5, 0.6) is 5.75 Å².